The molecule has 0 N–H and O–H groups in total. The van der Waals surface area contributed by atoms with Crippen LogP contribution in [0.2, 0.25) is 0 Å². The van der Waals surface area contributed by atoms with E-state index in [9.17, 15) is 4.79 Å². The summed E-state index contributed by atoms with van der Waals surface area (Å²) in [6.07, 6.45) is 0. The summed E-state index contributed by atoms with van der Waals surface area (Å²) in [4.78, 5) is 17.5. The molecule has 1 fully saturated rings. The maximum Gasteiger partial charge on any atom is 0.169 e. The number of Topliss-reactive ketones (excluding diaryl/α,β-unsaturated/α-hetero) is 1. The number of likely N-dealkylation sites (N-methyl/N-ethyl adjacent to an activating group) is 1. The summed E-state index contributed by atoms with van der Waals surface area (Å²) in [6, 6.07) is 9.65. The highest BCUT2D eigenvalue weighted by molar-refractivity contribution is 6.00. The van der Waals surface area contributed by atoms with Crippen LogP contribution in [-0.4, -0.2) is 54.9 Å². The van der Waals surface area contributed by atoms with Gasteiger partial charge in [0.15, 0.2) is 5.78 Å². The molecule has 110 valence electrons. The minimum absolute atomic E-state index is 0.246. The highest BCUT2D eigenvalue weighted by atomic mass is 16.1. The van der Waals surface area contributed by atoms with Gasteiger partial charge in [-0.1, -0.05) is 51.1 Å². The molecule has 0 aliphatic carbocycles. The van der Waals surface area contributed by atoms with Crippen molar-refractivity contribution >= 4 is 5.78 Å². The van der Waals surface area contributed by atoms with Crippen LogP contribution in [0.3, 0.4) is 0 Å². The van der Waals surface area contributed by atoms with Gasteiger partial charge in [-0.2, -0.15) is 0 Å². The minimum Gasteiger partial charge on any atom is -0.301 e. The van der Waals surface area contributed by atoms with E-state index in [1.54, 1.807) is 0 Å². The Balaban J connectivity index is 1.96. The van der Waals surface area contributed by atoms with Crippen LogP contribution in [0.1, 0.15) is 31.1 Å². The number of hydrogen-bond donors (Lipinski definition) is 0. The Morgan fingerprint density at radius 3 is 2.15 bits per heavy atom. The Bertz CT molecular complexity index is 434. The predicted molar refractivity (Wildman–Crippen MR) is 83.1 cm³/mol. The highest BCUT2D eigenvalue weighted by Gasteiger charge is 2.31. The van der Waals surface area contributed by atoms with E-state index >= 15 is 0 Å². The number of ketones is 1. The SMILES string of the molecule is CCN1CCN(CC(C)(C)C(=O)c2ccccc2)CC1. The molecule has 0 bridgehead atoms. The van der Waals surface area contributed by atoms with Crippen molar-refractivity contribution in [2.24, 2.45) is 5.41 Å². The fourth-order valence-corrected chi connectivity index (χ4v) is 2.87. The molecule has 0 aromatic heterocycles. The summed E-state index contributed by atoms with van der Waals surface area (Å²) in [5, 5.41) is 0. The summed E-state index contributed by atoms with van der Waals surface area (Å²) >= 11 is 0. The molecule has 0 spiro atoms. The minimum atomic E-state index is -0.324. The van der Waals surface area contributed by atoms with Gasteiger partial charge in [0.2, 0.25) is 0 Å². The van der Waals surface area contributed by atoms with E-state index in [2.05, 4.69) is 30.6 Å². The molecule has 1 heterocycles. The Hall–Kier alpha value is -1.19. The van der Waals surface area contributed by atoms with E-state index in [1.807, 2.05) is 30.3 Å². The van der Waals surface area contributed by atoms with Crippen LogP contribution < -0.4 is 0 Å². The van der Waals surface area contributed by atoms with Gasteiger partial charge in [0.05, 0.1) is 0 Å². The zero-order valence-electron chi connectivity index (χ0n) is 12.9. The first-order valence-corrected chi connectivity index (χ1v) is 7.57. The first kappa shape index (κ1) is 15.2. The van der Waals surface area contributed by atoms with Gasteiger partial charge in [-0.3, -0.25) is 9.69 Å². The van der Waals surface area contributed by atoms with Gasteiger partial charge < -0.3 is 4.90 Å². The molecular formula is C17H26N2O. The van der Waals surface area contributed by atoms with Gasteiger partial charge in [0.25, 0.3) is 0 Å². The van der Waals surface area contributed by atoms with Gasteiger partial charge in [-0.05, 0) is 6.54 Å². The lowest BCUT2D eigenvalue weighted by atomic mass is 9.83. The number of rotatable bonds is 5. The van der Waals surface area contributed by atoms with Gasteiger partial charge in [-0.15, -0.1) is 0 Å². The number of carbonyl (C=O) groups excluding carboxylic acids is 1. The van der Waals surface area contributed by atoms with Gasteiger partial charge >= 0.3 is 0 Å². The first-order valence-electron chi connectivity index (χ1n) is 7.57. The lowest BCUT2D eigenvalue weighted by Crippen LogP contribution is -2.50. The average Bonchev–Trinajstić information content (AvgIpc) is 2.48. The van der Waals surface area contributed by atoms with E-state index < -0.39 is 0 Å². The lowest BCUT2D eigenvalue weighted by molar-refractivity contribution is 0.0675. The Morgan fingerprint density at radius 2 is 1.60 bits per heavy atom. The maximum atomic E-state index is 12.6. The normalized spacial score (nSPS) is 18.1. The van der Waals surface area contributed by atoms with Crippen molar-refractivity contribution in [3.05, 3.63) is 35.9 Å². The third-order valence-electron chi connectivity index (χ3n) is 4.18. The fraction of sp³-hybridized carbons (Fsp3) is 0.588. The van der Waals surface area contributed by atoms with Crippen molar-refractivity contribution in [2.45, 2.75) is 20.8 Å². The molecule has 2 rings (SSSR count). The highest BCUT2D eigenvalue weighted by Crippen LogP contribution is 2.24. The summed E-state index contributed by atoms with van der Waals surface area (Å²) in [7, 11) is 0. The number of piperazine rings is 1. The van der Waals surface area contributed by atoms with Crippen molar-refractivity contribution in [1.29, 1.82) is 0 Å². The summed E-state index contributed by atoms with van der Waals surface area (Å²) in [6.45, 7) is 12.7. The lowest BCUT2D eigenvalue weighted by Gasteiger charge is -2.38. The number of carbonyl (C=O) groups is 1. The van der Waals surface area contributed by atoms with Gasteiger partial charge in [-0.25, -0.2) is 0 Å². The van der Waals surface area contributed by atoms with Gasteiger partial charge in [0.1, 0.15) is 0 Å². The topological polar surface area (TPSA) is 23.6 Å². The molecule has 0 saturated carbocycles. The molecule has 0 atom stereocenters. The third-order valence-corrected chi connectivity index (χ3v) is 4.18. The van der Waals surface area contributed by atoms with Crippen LogP contribution in [0.25, 0.3) is 0 Å². The van der Waals surface area contributed by atoms with Crippen LogP contribution in [0.5, 0.6) is 0 Å². The summed E-state index contributed by atoms with van der Waals surface area (Å²) < 4.78 is 0. The summed E-state index contributed by atoms with van der Waals surface area (Å²) in [5.41, 5.74) is 0.500. The summed E-state index contributed by atoms with van der Waals surface area (Å²) in [5.74, 6) is 0.246. The van der Waals surface area contributed by atoms with E-state index in [-0.39, 0.29) is 11.2 Å². The van der Waals surface area contributed by atoms with Gasteiger partial charge in [0, 0.05) is 43.7 Å². The molecule has 1 saturated heterocycles. The van der Waals surface area contributed by atoms with Crippen LogP contribution in [-0.2, 0) is 0 Å². The van der Waals surface area contributed by atoms with Crippen molar-refractivity contribution < 1.29 is 4.79 Å². The van der Waals surface area contributed by atoms with E-state index in [0.717, 1.165) is 44.8 Å². The molecule has 1 aromatic carbocycles. The molecular weight excluding hydrogens is 248 g/mol. The average molecular weight is 274 g/mol. The van der Waals surface area contributed by atoms with Crippen molar-refractivity contribution in [3.63, 3.8) is 0 Å². The van der Waals surface area contributed by atoms with Crippen LogP contribution in [0.4, 0.5) is 0 Å². The van der Waals surface area contributed by atoms with Crippen molar-refractivity contribution in [2.75, 3.05) is 39.3 Å². The Morgan fingerprint density at radius 1 is 1.05 bits per heavy atom. The van der Waals surface area contributed by atoms with Crippen LogP contribution in [0, 0.1) is 5.41 Å². The first-order chi connectivity index (χ1) is 9.53. The second-order valence-corrected chi connectivity index (χ2v) is 6.29. The maximum absolute atomic E-state index is 12.6. The van der Waals surface area contributed by atoms with E-state index in [4.69, 9.17) is 0 Å². The number of benzene rings is 1. The number of nitrogens with zero attached hydrogens (tertiary/aromatic N) is 2. The molecule has 3 heteroatoms. The second kappa shape index (κ2) is 6.51. The van der Waals surface area contributed by atoms with E-state index in [0.29, 0.717) is 0 Å². The number of hydrogen-bond acceptors (Lipinski definition) is 3. The van der Waals surface area contributed by atoms with Crippen molar-refractivity contribution in [3.8, 4) is 0 Å². The zero-order chi connectivity index (χ0) is 14.6. The molecule has 3 nitrogen and oxygen atoms in total. The quantitative estimate of drug-likeness (QED) is 0.771. The fourth-order valence-electron chi connectivity index (χ4n) is 2.87. The largest absolute Gasteiger partial charge is 0.301 e. The van der Waals surface area contributed by atoms with Crippen LogP contribution in [0.15, 0.2) is 30.3 Å². The molecule has 1 aromatic rings. The Kier molecular flexibility index (Phi) is 4.95. The molecule has 0 amide bonds. The third kappa shape index (κ3) is 3.68. The molecule has 20 heavy (non-hydrogen) atoms. The molecule has 0 radical (unpaired) electrons. The molecule has 1 aliphatic heterocycles. The standard InChI is InChI=1S/C17H26N2O/c1-4-18-10-12-19(13-11-18)14-17(2,3)16(20)15-8-6-5-7-9-15/h5-9H,4,10-14H2,1-3H3. The monoisotopic (exact) mass is 274 g/mol. The zero-order valence-corrected chi connectivity index (χ0v) is 12.9. The second-order valence-electron chi connectivity index (χ2n) is 6.29. The van der Waals surface area contributed by atoms with Crippen LogP contribution >= 0.6 is 0 Å². The predicted octanol–water partition coefficient (Wildman–Crippen LogP) is 2.53. The Labute approximate surface area is 122 Å². The van der Waals surface area contributed by atoms with E-state index in [1.165, 1.54) is 0 Å². The molecule has 0 unspecified atom stereocenters. The smallest absolute Gasteiger partial charge is 0.169 e. The molecule has 1 aliphatic rings. The van der Waals surface area contributed by atoms with Crippen molar-refractivity contribution in [1.82, 2.24) is 9.80 Å².